The molecule has 7 nitrogen and oxygen atoms in total. The molecular formula is C13H12ClN3O4. The lowest BCUT2D eigenvalue weighted by atomic mass is 9.87. The maximum absolute atomic E-state index is 11.3. The van der Waals surface area contributed by atoms with Crippen LogP contribution >= 0.6 is 11.6 Å². The minimum Gasteiger partial charge on any atom is -0.259 e. The topological polar surface area (TPSA) is 98.6 Å². The maximum Gasteiger partial charge on any atom is 0.276 e. The van der Waals surface area contributed by atoms with Crippen molar-refractivity contribution in [1.82, 2.24) is 0 Å². The fourth-order valence-electron chi connectivity index (χ4n) is 2.39. The molecule has 1 aromatic rings. The molecule has 0 saturated carbocycles. The molecule has 1 aromatic carbocycles. The van der Waals surface area contributed by atoms with Crippen molar-refractivity contribution in [2.75, 3.05) is 0 Å². The van der Waals surface area contributed by atoms with Crippen LogP contribution in [-0.2, 0) is 0 Å². The largest absolute Gasteiger partial charge is 0.276 e. The van der Waals surface area contributed by atoms with Crippen molar-refractivity contribution in [1.29, 1.82) is 0 Å². The number of nitrogens with zero attached hydrogens (tertiary/aromatic N) is 3. The van der Waals surface area contributed by atoms with Crippen LogP contribution in [-0.4, -0.2) is 20.9 Å². The fraction of sp³-hybridized carbons (Fsp3) is 0.308. The minimum atomic E-state index is -0.765. The molecule has 8 heteroatoms. The van der Waals surface area contributed by atoms with Crippen molar-refractivity contribution in [3.8, 4) is 0 Å². The van der Waals surface area contributed by atoms with E-state index in [1.807, 2.05) is 0 Å². The lowest BCUT2D eigenvalue weighted by Crippen LogP contribution is -2.29. The number of nitro groups is 2. The number of non-ortho nitro benzene ring substituents is 1. The summed E-state index contributed by atoms with van der Waals surface area (Å²) in [6, 6.07) is 5.74. The van der Waals surface area contributed by atoms with E-state index >= 15 is 0 Å². The Morgan fingerprint density at radius 2 is 1.86 bits per heavy atom. The second kappa shape index (κ2) is 5.61. The number of benzene rings is 1. The second-order valence-corrected chi connectivity index (χ2v) is 5.18. The van der Waals surface area contributed by atoms with E-state index in [2.05, 4.69) is 4.99 Å². The normalized spacial score (nSPS) is 22.0. The molecule has 1 heterocycles. The van der Waals surface area contributed by atoms with Gasteiger partial charge >= 0.3 is 0 Å². The zero-order chi connectivity index (χ0) is 15.7. The van der Waals surface area contributed by atoms with Crippen LogP contribution in [0.3, 0.4) is 0 Å². The summed E-state index contributed by atoms with van der Waals surface area (Å²) in [5, 5.41) is 21.5. The van der Waals surface area contributed by atoms with Gasteiger partial charge in [-0.05, 0) is 19.4 Å². The summed E-state index contributed by atoms with van der Waals surface area (Å²) in [6.07, 6.45) is 0. The Labute approximate surface area is 125 Å². The van der Waals surface area contributed by atoms with Crippen LogP contribution < -0.4 is 0 Å². The molecule has 0 aromatic heterocycles. The van der Waals surface area contributed by atoms with Gasteiger partial charge in [0.1, 0.15) is 5.70 Å². The first-order valence-electron chi connectivity index (χ1n) is 6.11. The van der Waals surface area contributed by atoms with Crippen LogP contribution in [0.25, 0.3) is 0 Å². The molecule has 0 spiro atoms. The summed E-state index contributed by atoms with van der Waals surface area (Å²) in [5.41, 5.74) is 1.00. The van der Waals surface area contributed by atoms with Crippen molar-refractivity contribution in [3.05, 3.63) is 61.5 Å². The Morgan fingerprint density at radius 1 is 1.19 bits per heavy atom. The van der Waals surface area contributed by atoms with E-state index < -0.39 is 21.1 Å². The number of hydrogen-bond donors (Lipinski definition) is 0. The minimum absolute atomic E-state index is 0.124. The standard InChI is InChI=1S/C13H12ClN3O4/c1-7-12(14)11(13(17(20)21)8(2)15-7)9-4-3-5-10(6-9)16(18)19/h3-6,11-12H,1-2H3. The highest BCUT2D eigenvalue weighted by Crippen LogP contribution is 2.38. The Morgan fingerprint density at radius 3 is 2.43 bits per heavy atom. The van der Waals surface area contributed by atoms with Gasteiger partial charge in [0.2, 0.25) is 0 Å². The third-order valence-electron chi connectivity index (χ3n) is 3.34. The van der Waals surface area contributed by atoms with Gasteiger partial charge in [0.05, 0.1) is 21.1 Å². The molecule has 2 unspecified atom stereocenters. The van der Waals surface area contributed by atoms with Crippen molar-refractivity contribution in [2.24, 2.45) is 4.99 Å². The molecule has 2 rings (SSSR count). The number of alkyl halides is 1. The van der Waals surface area contributed by atoms with Gasteiger partial charge in [0.25, 0.3) is 11.4 Å². The Balaban J connectivity index is 2.60. The molecular weight excluding hydrogens is 298 g/mol. The molecule has 1 aliphatic rings. The van der Waals surface area contributed by atoms with Gasteiger partial charge < -0.3 is 0 Å². The summed E-state index contributed by atoms with van der Waals surface area (Å²) >= 11 is 6.26. The number of allylic oxidation sites excluding steroid dienone is 2. The molecule has 0 saturated heterocycles. The van der Waals surface area contributed by atoms with Gasteiger partial charge in [-0.15, -0.1) is 11.6 Å². The zero-order valence-electron chi connectivity index (χ0n) is 11.3. The van der Waals surface area contributed by atoms with E-state index in [9.17, 15) is 20.2 Å². The summed E-state index contributed by atoms with van der Waals surface area (Å²) in [6.45, 7) is 3.22. The second-order valence-electron chi connectivity index (χ2n) is 4.71. The predicted molar refractivity (Wildman–Crippen MR) is 78.3 cm³/mol. The van der Waals surface area contributed by atoms with Crippen LogP contribution in [0.2, 0.25) is 0 Å². The van der Waals surface area contributed by atoms with Gasteiger partial charge in [-0.1, -0.05) is 12.1 Å². The van der Waals surface area contributed by atoms with E-state index in [-0.39, 0.29) is 17.1 Å². The fourth-order valence-corrected chi connectivity index (χ4v) is 2.71. The summed E-state index contributed by atoms with van der Waals surface area (Å²) in [7, 11) is 0. The first-order valence-corrected chi connectivity index (χ1v) is 6.55. The van der Waals surface area contributed by atoms with E-state index in [4.69, 9.17) is 11.6 Å². The lowest BCUT2D eigenvalue weighted by molar-refractivity contribution is -0.431. The molecule has 0 fully saturated rings. The van der Waals surface area contributed by atoms with Crippen LogP contribution in [0.15, 0.2) is 40.7 Å². The number of hydrogen-bond acceptors (Lipinski definition) is 5. The molecule has 0 amide bonds. The third kappa shape index (κ3) is 2.78. The highest BCUT2D eigenvalue weighted by atomic mass is 35.5. The van der Waals surface area contributed by atoms with Crippen LogP contribution in [0, 0.1) is 20.2 Å². The summed E-state index contributed by atoms with van der Waals surface area (Å²) < 4.78 is 0. The molecule has 0 bridgehead atoms. The van der Waals surface area contributed by atoms with E-state index in [0.717, 1.165) is 0 Å². The van der Waals surface area contributed by atoms with Gasteiger partial charge in [0.15, 0.2) is 0 Å². The van der Waals surface area contributed by atoms with Crippen molar-refractivity contribution < 1.29 is 9.85 Å². The van der Waals surface area contributed by atoms with Gasteiger partial charge in [-0.2, -0.15) is 0 Å². The van der Waals surface area contributed by atoms with E-state index in [1.54, 1.807) is 13.0 Å². The summed E-state index contributed by atoms with van der Waals surface area (Å²) in [5.74, 6) is -0.765. The SMILES string of the molecule is CC1=NC(C)=C([N+](=O)[O-])C(c2cccc([N+](=O)[O-])c2)C1Cl. The maximum atomic E-state index is 11.3. The highest BCUT2D eigenvalue weighted by Gasteiger charge is 2.40. The van der Waals surface area contributed by atoms with Crippen molar-refractivity contribution in [3.63, 3.8) is 0 Å². The molecule has 0 radical (unpaired) electrons. The highest BCUT2D eigenvalue weighted by molar-refractivity contribution is 6.33. The average molecular weight is 310 g/mol. The monoisotopic (exact) mass is 309 g/mol. The van der Waals surface area contributed by atoms with E-state index in [0.29, 0.717) is 11.3 Å². The summed E-state index contributed by atoms with van der Waals surface area (Å²) in [4.78, 5) is 25.2. The van der Waals surface area contributed by atoms with Crippen LogP contribution in [0.5, 0.6) is 0 Å². The Kier molecular flexibility index (Phi) is 4.04. The average Bonchev–Trinajstić information content (AvgIpc) is 2.42. The van der Waals surface area contributed by atoms with Gasteiger partial charge in [0, 0.05) is 17.8 Å². The molecule has 110 valence electrons. The van der Waals surface area contributed by atoms with Crippen molar-refractivity contribution in [2.45, 2.75) is 25.1 Å². The number of halogens is 1. The molecule has 2 atom stereocenters. The number of rotatable bonds is 3. The zero-order valence-corrected chi connectivity index (χ0v) is 12.1. The predicted octanol–water partition coefficient (Wildman–Crippen LogP) is 3.27. The van der Waals surface area contributed by atoms with Gasteiger partial charge in [-0.3, -0.25) is 25.2 Å². The molecule has 0 N–H and O–H groups in total. The van der Waals surface area contributed by atoms with E-state index in [1.165, 1.54) is 25.1 Å². The third-order valence-corrected chi connectivity index (χ3v) is 3.91. The Bertz CT molecular complexity index is 684. The lowest BCUT2D eigenvalue weighted by Gasteiger charge is -2.24. The first-order chi connectivity index (χ1) is 9.82. The Hall–Kier alpha value is -2.28. The number of nitro benzene ring substituents is 1. The van der Waals surface area contributed by atoms with Crippen molar-refractivity contribution >= 4 is 23.0 Å². The van der Waals surface area contributed by atoms with Crippen LogP contribution in [0.1, 0.15) is 25.3 Å². The van der Waals surface area contributed by atoms with Gasteiger partial charge in [-0.25, -0.2) is 0 Å². The quantitative estimate of drug-likeness (QED) is 0.486. The first kappa shape index (κ1) is 15.1. The number of aliphatic imine (C=N–C) groups is 1. The molecule has 1 aliphatic heterocycles. The molecule has 0 aliphatic carbocycles. The smallest absolute Gasteiger partial charge is 0.259 e. The molecule has 21 heavy (non-hydrogen) atoms. The van der Waals surface area contributed by atoms with Crippen LogP contribution in [0.4, 0.5) is 5.69 Å².